The Labute approximate surface area is 198 Å². The second-order valence-electron chi connectivity index (χ2n) is 7.87. The maximum Gasteiger partial charge on any atom is 0.272 e. The molecule has 0 fully saturated rings. The van der Waals surface area contributed by atoms with Crippen LogP contribution in [-0.2, 0) is 6.54 Å². The Kier molecular flexibility index (Phi) is 9.20. The SMILES string of the molecule is CCC(CNC(=O)c1nn(Cc2ccc(Cl)cc2Cl)c2ccccc12)CC(C)C.[Br-]. The van der Waals surface area contributed by atoms with E-state index in [0.717, 1.165) is 29.3 Å². The van der Waals surface area contributed by atoms with Crippen molar-refractivity contribution in [3.05, 3.63) is 63.8 Å². The van der Waals surface area contributed by atoms with Gasteiger partial charge in [0.25, 0.3) is 5.91 Å². The van der Waals surface area contributed by atoms with E-state index in [-0.39, 0.29) is 22.9 Å². The Hall–Kier alpha value is -1.56. The van der Waals surface area contributed by atoms with Crippen LogP contribution in [-0.4, -0.2) is 22.2 Å². The van der Waals surface area contributed by atoms with Crippen LogP contribution in [0.4, 0.5) is 0 Å². The van der Waals surface area contributed by atoms with Gasteiger partial charge in [0.2, 0.25) is 0 Å². The van der Waals surface area contributed by atoms with Crippen LogP contribution in [0.25, 0.3) is 10.9 Å². The van der Waals surface area contributed by atoms with Crippen molar-refractivity contribution in [3.63, 3.8) is 0 Å². The summed E-state index contributed by atoms with van der Waals surface area (Å²) in [4.78, 5) is 12.9. The molecule has 4 nitrogen and oxygen atoms in total. The molecule has 1 aromatic heterocycles. The van der Waals surface area contributed by atoms with Crippen LogP contribution in [0.1, 0.15) is 49.7 Å². The van der Waals surface area contributed by atoms with Gasteiger partial charge in [-0.15, -0.1) is 0 Å². The number of carbonyl (C=O) groups excluding carboxylic acids is 1. The molecule has 1 amide bonds. The number of hydrogen-bond donors (Lipinski definition) is 1. The maximum atomic E-state index is 12.9. The number of fused-ring (bicyclic) bond motifs is 1. The molecule has 2 aromatic carbocycles. The molecule has 0 saturated heterocycles. The molecule has 0 spiro atoms. The van der Waals surface area contributed by atoms with Gasteiger partial charge in [0.1, 0.15) is 0 Å². The van der Waals surface area contributed by atoms with Crippen LogP contribution in [0.15, 0.2) is 42.5 Å². The number of nitrogens with one attached hydrogen (secondary N) is 1. The lowest BCUT2D eigenvalue weighted by molar-refractivity contribution is -0.0000142. The minimum Gasteiger partial charge on any atom is -1.00 e. The molecule has 30 heavy (non-hydrogen) atoms. The molecule has 7 heteroatoms. The fourth-order valence-electron chi connectivity index (χ4n) is 3.61. The zero-order valence-corrected chi connectivity index (χ0v) is 20.6. The van der Waals surface area contributed by atoms with E-state index < -0.39 is 0 Å². The number of amides is 1. The van der Waals surface area contributed by atoms with Crippen LogP contribution >= 0.6 is 23.2 Å². The number of halogens is 3. The molecule has 0 bridgehead atoms. The smallest absolute Gasteiger partial charge is 0.272 e. The predicted octanol–water partition coefficient (Wildman–Crippen LogP) is 3.20. The molecule has 0 aliphatic carbocycles. The standard InChI is InChI=1S/C23H27Cl2N3O.BrH/c1-4-16(11-15(2)3)13-26-23(29)22-19-7-5-6-8-21(19)28(27-22)14-17-9-10-18(24)12-20(17)25;/h5-10,12,15-16H,4,11,13-14H2,1-3H3,(H,26,29);1H/p-1. The Morgan fingerprint density at radius 2 is 1.90 bits per heavy atom. The van der Waals surface area contributed by atoms with Crippen LogP contribution in [0, 0.1) is 11.8 Å². The van der Waals surface area contributed by atoms with Crippen molar-refractivity contribution >= 4 is 40.0 Å². The van der Waals surface area contributed by atoms with Crippen molar-refractivity contribution in [3.8, 4) is 0 Å². The van der Waals surface area contributed by atoms with E-state index >= 15 is 0 Å². The molecule has 162 valence electrons. The van der Waals surface area contributed by atoms with Gasteiger partial charge in [-0.25, -0.2) is 0 Å². The van der Waals surface area contributed by atoms with E-state index in [2.05, 4.69) is 31.2 Å². The highest BCUT2D eigenvalue weighted by atomic mass is 79.9. The summed E-state index contributed by atoms with van der Waals surface area (Å²) >= 11 is 12.3. The van der Waals surface area contributed by atoms with Crippen molar-refractivity contribution in [2.75, 3.05) is 6.54 Å². The van der Waals surface area contributed by atoms with Gasteiger partial charge in [-0.2, -0.15) is 5.10 Å². The first-order valence-electron chi connectivity index (χ1n) is 10.1. The first-order chi connectivity index (χ1) is 13.9. The van der Waals surface area contributed by atoms with Crippen molar-refractivity contribution in [1.29, 1.82) is 0 Å². The number of benzene rings is 2. The normalized spacial score (nSPS) is 12.1. The largest absolute Gasteiger partial charge is 1.00 e. The molecule has 1 N–H and O–H groups in total. The third-order valence-electron chi connectivity index (χ3n) is 5.14. The molecular formula is C23H27BrCl2N3O-. The minimum atomic E-state index is -0.135. The molecule has 3 rings (SSSR count). The fraction of sp³-hybridized carbons (Fsp3) is 0.391. The summed E-state index contributed by atoms with van der Waals surface area (Å²) in [7, 11) is 0. The van der Waals surface area contributed by atoms with Gasteiger partial charge in [-0.05, 0) is 42.0 Å². The van der Waals surface area contributed by atoms with Crippen molar-refractivity contribution in [2.45, 2.75) is 40.2 Å². The molecule has 3 aromatic rings. The number of rotatable bonds is 8. The zero-order chi connectivity index (χ0) is 21.0. The summed E-state index contributed by atoms with van der Waals surface area (Å²) < 4.78 is 1.82. The van der Waals surface area contributed by atoms with Gasteiger partial charge in [0.05, 0.1) is 12.1 Å². The second kappa shape index (κ2) is 11.2. The molecule has 0 aliphatic heterocycles. The Balaban J connectivity index is 0.00000320. The Bertz CT molecular complexity index is 1000. The van der Waals surface area contributed by atoms with Crippen molar-refractivity contribution in [1.82, 2.24) is 15.1 Å². The topological polar surface area (TPSA) is 46.9 Å². The van der Waals surface area contributed by atoms with E-state index in [1.807, 2.05) is 41.1 Å². The minimum absolute atomic E-state index is 0. The Morgan fingerprint density at radius 3 is 2.57 bits per heavy atom. The van der Waals surface area contributed by atoms with Gasteiger partial charge in [-0.3, -0.25) is 9.48 Å². The summed E-state index contributed by atoms with van der Waals surface area (Å²) in [6, 6.07) is 13.2. The summed E-state index contributed by atoms with van der Waals surface area (Å²) in [6.45, 7) is 7.72. The molecular weight excluding hydrogens is 485 g/mol. The summed E-state index contributed by atoms with van der Waals surface area (Å²) in [5, 5.41) is 9.73. The van der Waals surface area contributed by atoms with Crippen molar-refractivity contribution in [2.24, 2.45) is 11.8 Å². The van der Waals surface area contributed by atoms with E-state index in [0.29, 0.717) is 40.7 Å². The third kappa shape index (κ3) is 5.99. The number of nitrogens with zero attached hydrogens (tertiary/aromatic N) is 2. The molecule has 1 atom stereocenters. The average Bonchev–Trinajstić information content (AvgIpc) is 3.05. The zero-order valence-electron chi connectivity index (χ0n) is 17.5. The van der Waals surface area contributed by atoms with Crippen LogP contribution in [0.5, 0.6) is 0 Å². The Morgan fingerprint density at radius 1 is 1.17 bits per heavy atom. The van der Waals surface area contributed by atoms with Gasteiger partial charge in [0, 0.05) is 22.0 Å². The monoisotopic (exact) mass is 510 g/mol. The summed E-state index contributed by atoms with van der Waals surface area (Å²) in [5.74, 6) is 0.950. The lowest BCUT2D eigenvalue weighted by atomic mass is 9.95. The van der Waals surface area contributed by atoms with Crippen LogP contribution in [0.2, 0.25) is 10.0 Å². The number of hydrogen-bond acceptors (Lipinski definition) is 2. The highest BCUT2D eigenvalue weighted by Crippen LogP contribution is 2.25. The lowest BCUT2D eigenvalue weighted by Crippen LogP contribution is -3.00. The molecule has 0 radical (unpaired) electrons. The number of para-hydroxylation sites is 1. The van der Waals surface area contributed by atoms with Crippen LogP contribution < -0.4 is 22.3 Å². The lowest BCUT2D eigenvalue weighted by Gasteiger charge is -2.17. The van der Waals surface area contributed by atoms with E-state index in [1.165, 1.54) is 0 Å². The van der Waals surface area contributed by atoms with Gasteiger partial charge < -0.3 is 22.3 Å². The first kappa shape index (κ1) is 24.7. The van der Waals surface area contributed by atoms with Gasteiger partial charge in [0.15, 0.2) is 5.69 Å². The average molecular weight is 512 g/mol. The summed E-state index contributed by atoms with van der Waals surface area (Å²) in [6.07, 6.45) is 2.14. The molecule has 0 saturated carbocycles. The third-order valence-corrected chi connectivity index (χ3v) is 5.73. The van der Waals surface area contributed by atoms with Crippen LogP contribution in [0.3, 0.4) is 0 Å². The van der Waals surface area contributed by atoms with Gasteiger partial charge >= 0.3 is 0 Å². The molecule has 1 heterocycles. The van der Waals surface area contributed by atoms with Crippen molar-refractivity contribution < 1.29 is 21.8 Å². The number of aromatic nitrogens is 2. The summed E-state index contributed by atoms with van der Waals surface area (Å²) in [5.41, 5.74) is 2.25. The van der Waals surface area contributed by atoms with E-state index in [9.17, 15) is 4.79 Å². The van der Waals surface area contributed by atoms with E-state index in [1.54, 1.807) is 6.07 Å². The quantitative estimate of drug-likeness (QED) is 0.504. The van der Waals surface area contributed by atoms with Gasteiger partial charge in [-0.1, -0.05) is 74.7 Å². The van der Waals surface area contributed by atoms with E-state index in [4.69, 9.17) is 23.2 Å². The predicted molar refractivity (Wildman–Crippen MR) is 121 cm³/mol. The molecule has 1 unspecified atom stereocenters. The number of carbonyl (C=O) groups is 1. The highest BCUT2D eigenvalue weighted by Gasteiger charge is 2.19. The fourth-order valence-corrected chi connectivity index (χ4v) is 4.08. The highest BCUT2D eigenvalue weighted by molar-refractivity contribution is 6.35. The first-order valence-corrected chi connectivity index (χ1v) is 10.8. The molecule has 0 aliphatic rings. The maximum absolute atomic E-state index is 12.9. The second-order valence-corrected chi connectivity index (χ2v) is 8.72.